The zero-order valence-electron chi connectivity index (χ0n) is 11.3. The van der Waals surface area contributed by atoms with Crippen LogP contribution in [0.3, 0.4) is 0 Å². The van der Waals surface area contributed by atoms with E-state index in [1.54, 1.807) is 0 Å². The topological polar surface area (TPSA) is 29.9 Å². The fourth-order valence-electron chi connectivity index (χ4n) is 1.84. The van der Waals surface area contributed by atoms with E-state index < -0.39 is 0 Å². The third-order valence-corrected chi connectivity index (χ3v) is 3.82. The first-order valence-corrected chi connectivity index (χ1v) is 7.78. The molecule has 0 aromatic carbocycles. The Bertz CT molecular complexity index is 291. The quantitative estimate of drug-likeness (QED) is 0.735. The second-order valence-corrected chi connectivity index (χ2v) is 5.46. The predicted molar refractivity (Wildman–Crippen MR) is 76.7 cm³/mol. The van der Waals surface area contributed by atoms with Crippen LogP contribution in [0, 0.1) is 0 Å². The fraction of sp³-hybridized carbons (Fsp3) is 0.769. The van der Waals surface area contributed by atoms with Crippen molar-refractivity contribution in [2.45, 2.75) is 46.2 Å². The largest absolute Gasteiger partial charge is 0.335 e. The average molecular weight is 255 g/mol. The number of rotatable bonds is 9. The van der Waals surface area contributed by atoms with E-state index in [9.17, 15) is 0 Å². The van der Waals surface area contributed by atoms with Crippen molar-refractivity contribution < 1.29 is 0 Å². The molecule has 0 spiro atoms. The monoisotopic (exact) mass is 255 g/mol. The molecule has 0 radical (unpaired) electrons. The molecule has 0 aliphatic heterocycles. The SMILES string of the molecule is CCCNC(CSCC)Cc1nccn1CC. The van der Waals surface area contributed by atoms with Gasteiger partial charge in [-0.05, 0) is 25.6 Å². The van der Waals surface area contributed by atoms with Crippen LogP contribution in [-0.4, -0.2) is 33.6 Å². The van der Waals surface area contributed by atoms with Crippen molar-refractivity contribution in [2.75, 3.05) is 18.1 Å². The van der Waals surface area contributed by atoms with Gasteiger partial charge in [0.2, 0.25) is 0 Å². The first kappa shape index (κ1) is 14.6. The first-order chi connectivity index (χ1) is 8.31. The van der Waals surface area contributed by atoms with Gasteiger partial charge in [-0.2, -0.15) is 11.8 Å². The lowest BCUT2D eigenvalue weighted by Crippen LogP contribution is -2.35. The molecule has 98 valence electrons. The van der Waals surface area contributed by atoms with Crippen molar-refractivity contribution in [2.24, 2.45) is 0 Å². The van der Waals surface area contributed by atoms with Gasteiger partial charge in [-0.25, -0.2) is 4.98 Å². The Morgan fingerprint density at radius 3 is 2.88 bits per heavy atom. The maximum absolute atomic E-state index is 4.46. The van der Waals surface area contributed by atoms with Crippen molar-refractivity contribution in [3.8, 4) is 0 Å². The molecule has 0 saturated heterocycles. The molecular formula is C13H25N3S. The van der Waals surface area contributed by atoms with E-state index in [1.807, 2.05) is 18.0 Å². The van der Waals surface area contributed by atoms with Crippen LogP contribution >= 0.6 is 11.8 Å². The zero-order chi connectivity index (χ0) is 12.5. The number of aryl methyl sites for hydroxylation is 1. The van der Waals surface area contributed by atoms with Crippen LogP contribution in [0.5, 0.6) is 0 Å². The highest BCUT2D eigenvalue weighted by Crippen LogP contribution is 2.08. The second-order valence-electron chi connectivity index (χ2n) is 4.14. The van der Waals surface area contributed by atoms with Crippen LogP contribution in [0.1, 0.15) is 33.0 Å². The lowest BCUT2D eigenvalue weighted by molar-refractivity contribution is 0.526. The lowest BCUT2D eigenvalue weighted by Gasteiger charge is -2.18. The maximum Gasteiger partial charge on any atom is 0.110 e. The highest BCUT2D eigenvalue weighted by Gasteiger charge is 2.11. The van der Waals surface area contributed by atoms with Gasteiger partial charge in [-0.15, -0.1) is 0 Å². The number of nitrogens with zero attached hydrogens (tertiary/aromatic N) is 2. The van der Waals surface area contributed by atoms with E-state index in [1.165, 1.54) is 23.8 Å². The smallest absolute Gasteiger partial charge is 0.110 e. The summed E-state index contributed by atoms with van der Waals surface area (Å²) in [5.74, 6) is 3.57. The minimum absolute atomic E-state index is 0.549. The van der Waals surface area contributed by atoms with Crippen LogP contribution in [0.2, 0.25) is 0 Å². The van der Waals surface area contributed by atoms with Crippen molar-refractivity contribution in [3.05, 3.63) is 18.2 Å². The molecule has 1 atom stereocenters. The molecule has 0 aliphatic rings. The lowest BCUT2D eigenvalue weighted by atomic mass is 10.2. The Morgan fingerprint density at radius 2 is 2.24 bits per heavy atom. The molecule has 1 rings (SSSR count). The van der Waals surface area contributed by atoms with Gasteiger partial charge in [0.05, 0.1) is 0 Å². The summed E-state index contributed by atoms with van der Waals surface area (Å²) in [4.78, 5) is 4.46. The average Bonchev–Trinajstić information content (AvgIpc) is 2.79. The number of hydrogen-bond donors (Lipinski definition) is 1. The predicted octanol–water partition coefficient (Wildman–Crippen LogP) is 2.57. The van der Waals surface area contributed by atoms with Gasteiger partial charge in [0.1, 0.15) is 5.82 Å². The molecule has 1 unspecified atom stereocenters. The number of aromatic nitrogens is 2. The Kier molecular flexibility index (Phi) is 7.37. The van der Waals surface area contributed by atoms with Gasteiger partial charge in [-0.3, -0.25) is 0 Å². The Labute approximate surface area is 109 Å². The molecular weight excluding hydrogens is 230 g/mol. The molecule has 0 saturated carbocycles. The van der Waals surface area contributed by atoms with Crippen LogP contribution in [0.15, 0.2) is 12.4 Å². The van der Waals surface area contributed by atoms with Gasteiger partial charge in [0.25, 0.3) is 0 Å². The molecule has 1 heterocycles. The molecule has 1 aromatic heterocycles. The molecule has 0 bridgehead atoms. The summed E-state index contributed by atoms with van der Waals surface area (Å²) in [7, 11) is 0. The number of imidazole rings is 1. The Balaban J connectivity index is 2.51. The molecule has 0 aliphatic carbocycles. The van der Waals surface area contributed by atoms with Crippen molar-refractivity contribution in [1.82, 2.24) is 14.9 Å². The number of thioether (sulfide) groups is 1. The van der Waals surface area contributed by atoms with E-state index in [4.69, 9.17) is 0 Å². The summed E-state index contributed by atoms with van der Waals surface area (Å²) in [6, 6.07) is 0.549. The third-order valence-electron chi connectivity index (χ3n) is 2.78. The minimum atomic E-state index is 0.549. The van der Waals surface area contributed by atoms with Crippen molar-refractivity contribution in [1.29, 1.82) is 0 Å². The normalized spacial score (nSPS) is 12.9. The highest BCUT2D eigenvalue weighted by atomic mass is 32.2. The van der Waals surface area contributed by atoms with E-state index in [0.29, 0.717) is 6.04 Å². The fourth-order valence-corrected chi connectivity index (χ4v) is 2.59. The van der Waals surface area contributed by atoms with Gasteiger partial charge in [0.15, 0.2) is 0 Å². The molecule has 0 fully saturated rings. The van der Waals surface area contributed by atoms with Crippen LogP contribution < -0.4 is 5.32 Å². The van der Waals surface area contributed by atoms with Crippen molar-refractivity contribution >= 4 is 11.8 Å². The minimum Gasteiger partial charge on any atom is -0.335 e. The molecule has 4 heteroatoms. The van der Waals surface area contributed by atoms with E-state index in [2.05, 4.69) is 41.8 Å². The van der Waals surface area contributed by atoms with Gasteiger partial charge in [0, 0.05) is 37.2 Å². The summed E-state index contributed by atoms with van der Waals surface area (Å²) in [6.45, 7) is 8.71. The summed E-state index contributed by atoms with van der Waals surface area (Å²) in [5, 5.41) is 3.62. The van der Waals surface area contributed by atoms with Crippen LogP contribution in [0.4, 0.5) is 0 Å². The molecule has 1 aromatic rings. The van der Waals surface area contributed by atoms with E-state index in [-0.39, 0.29) is 0 Å². The van der Waals surface area contributed by atoms with Gasteiger partial charge in [-0.1, -0.05) is 13.8 Å². The highest BCUT2D eigenvalue weighted by molar-refractivity contribution is 7.99. The van der Waals surface area contributed by atoms with Gasteiger partial charge >= 0.3 is 0 Å². The summed E-state index contributed by atoms with van der Waals surface area (Å²) in [5.41, 5.74) is 0. The van der Waals surface area contributed by atoms with Crippen LogP contribution in [-0.2, 0) is 13.0 Å². The summed E-state index contributed by atoms with van der Waals surface area (Å²) >= 11 is 2.00. The standard InChI is InChI=1S/C13H25N3S/c1-4-7-14-12(11-17-6-3)10-13-15-8-9-16(13)5-2/h8-9,12,14H,4-7,10-11H2,1-3H3. The molecule has 3 nitrogen and oxygen atoms in total. The molecule has 0 amide bonds. The van der Waals surface area contributed by atoms with Gasteiger partial charge < -0.3 is 9.88 Å². The second kappa shape index (κ2) is 8.59. The Hall–Kier alpha value is -0.480. The molecule has 17 heavy (non-hydrogen) atoms. The van der Waals surface area contributed by atoms with E-state index in [0.717, 1.165) is 19.5 Å². The number of hydrogen-bond acceptors (Lipinski definition) is 3. The summed E-state index contributed by atoms with van der Waals surface area (Å²) in [6.07, 6.45) is 6.20. The van der Waals surface area contributed by atoms with Crippen LogP contribution in [0.25, 0.3) is 0 Å². The molecule has 1 N–H and O–H groups in total. The summed E-state index contributed by atoms with van der Waals surface area (Å²) < 4.78 is 2.23. The zero-order valence-corrected chi connectivity index (χ0v) is 12.1. The third kappa shape index (κ3) is 5.13. The maximum atomic E-state index is 4.46. The Morgan fingerprint density at radius 1 is 1.41 bits per heavy atom. The number of nitrogens with one attached hydrogen (secondary N) is 1. The van der Waals surface area contributed by atoms with E-state index >= 15 is 0 Å². The first-order valence-electron chi connectivity index (χ1n) is 6.62. The van der Waals surface area contributed by atoms with Crippen molar-refractivity contribution in [3.63, 3.8) is 0 Å².